The summed E-state index contributed by atoms with van der Waals surface area (Å²) in [5.41, 5.74) is 3.98. The number of rotatable bonds is 5. The summed E-state index contributed by atoms with van der Waals surface area (Å²) in [6.07, 6.45) is 1.40. The third kappa shape index (κ3) is 4.53. The fourth-order valence-electron chi connectivity index (χ4n) is 2.93. The predicted molar refractivity (Wildman–Crippen MR) is 103 cm³/mol. The zero-order valence-electron chi connectivity index (χ0n) is 15.5. The van der Waals surface area contributed by atoms with Crippen molar-refractivity contribution < 1.29 is 19.1 Å². The normalized spacial score (nSPS) is 13.6. The first-order valence-electron chi connectivity index (χ1n) is 8.89. The van der Waals surface area contributed by atoms with Gasteiger partial charge in [0.05, 0.1) is 5.56 Å². The van der Waals surface area contributed by atoms with E-state index in [0.717, 1.165) is 23.2 Å². The number of hydrogen-bond acceptors (Lipinski definition) is 4. The molecule has 2 amide bonds. The van der Waals surface area contributed by atoms with Gasteiger partial charge in [0.1, 0.15) is 0 Å². The molecule has 1 aliphatic heterocycles. The van der Waals surface area contributed by atoms with Gasteiger partial charge >= 0.3 is 5.97 Å². The molecular weight excluding hydrogens is 344 g/mol. The lowest BCUT2D eigenvalue weighted by Crippen LogP contribution is -2.23. The van der Waals surface area contributed by atoms with Gasteiger partial charge in [-0.3, -0.25) is 9.59 Å². The smallest absolute Gasteiger partial charge is 0.338 e. The van der Waals surface area contributed by atoms with E-state index in [1.165, 1.54) is 0 Å². The fraction of sp³-hybridized carbons (Fsp3) is 0.286. The summed E-state index contributed by atoms with van der Waals surface area (Å²) in [4.78, 5) is 37.5. The Morgan fingerprint density at radius 1 is 1.07 bits per heavy atom. The van der Waals surface area contributed by atoms with Crippen LogP contribution in [0.1, 0.15) is 34.3 Å². The van der Waals surface area contributed by atoms with Gasteiger partial charge in [0.15, 0.2) is 6.61 Å². The first kappa shape index (κ1) is 18.6. The molecule has 3 rings (SSSR count). The van der Waals surface area contributed by atoms with Crippen molar-refractivity contribution in [3.05, 3.63) is 59.2 Å². The number of amides is 2. The minimum Gasteiger partial charge on any atom is -0.452 e. The number of benzene rings is 2. The average Bonchev–Trinajstić information content (AvgIpc) is 3.09. The van der Waals surface area contributed by atoms with Crippen molar-refractivity contribution in [2.24, 2.45) is 0 Å². The highest BCUT2D eigenvalue weighted by Crippen LogP contribution is 2.21. The topological polar surface area (TPSA) is 75.7 Å². The molecule has 0 unspecified atom stereocenters. The molecule has 1 saturated heterocycles. The van der Waals surface area contributed by atoms with E-state index < -0.39 is 11.9 Å². The molecule has 0 bridgehead atoms. The van der Waals surface area contributed by atoms with Crippen molar-refractivity contribution in [2.45, 2.75) is 26.7 Å². The number of carbonyl (C=O) groups is 3. The van der Waals surface area contributed by atoms with E-state index in [-0.39, 0.29) is 12.5 Å². The molecule has 0 aliphatic carbocycles. The third-order valence-electron chi connectivity index (χ3n) is 4.61. The maximum atomic E-state index is 12.1. The number of hydrogen-bond donors (Lipinski definition) is 1. The van der Waals surface area contributed by atoms with Crippen LogP contribution in [0.25, 0.3) is 0 Å². The highest BCUT2D eigenvalue weighted by atomic mass is 16.5. The van der Waals surface area contributed by atoms with Crippen molar-refractivity contribution in [3.8, 4) is 0 Å². The van der Waals surface area contributed by atoms with E-state index in [2.05, 4.69) is 5.32 Å². The zero-order valence-corrected chi connectivity index (χ0v) is 15.5. The Morgan fingerprint density at radius 3 is 2.44 bits per heavy atom. The maximum absolute atomic E-state index is 12.1. The summed E-state index contributed by atoms with van der Waals surface area (Å²) in [7, 11) is 0. The first-order valence-corrected chi connectivity index (χ1v) is 8.89. The molecule has 27 heavy (non-hydrogen) atoms. The molecule has 0 saturated carbocycles. The number of ether oxygens (including phenoxy) is 1. The van der Waals surface area contributed by atoms with Gasteiger partial charge in [-0.2, -0.15) is 0 Å². The minimum absolute atomic E-state index is 0.0911. The zero-order chi connectivity index (χ0) is 19.4. The number of carbonyl (C=O) groups excluding carboxylic acids is 3. The summed E-state index contributed by atoms with van der Waals surface area (Å²) in [6.45, 7) is 4.29. The standard InChI is InChI=1S/C21H22N2O4/c1-14-5-8-17(12-15(14)2)22-19(24)13-27-21(26)16-6-9-18(10-7-16)23-11-3-4-20(23)25/h5-10,12H,3-4,11,13H2,1-2H3,(H,22,24). The molecule has 0 aromatic heterocycles. The van der Waals surface area contributed by atoms with Crippen molar-refractivity contribution in [1.82, 2.24) is 0 Å². The lowest BCUT2D eigenvalue weighted by Gasteiger charge is -2.15. The molecule has 1 fully saturated rings. The van der Waals surface area contributed by atoms with E-state index in [9.17, 15) is 14.4 Å². The molecule has 1 aliphatic rings. The monoisotopic (exact) mass is 366 g/mol. The minimum atomic E-state index is -0.579. The second-order valence-electron chi connectivity index (χ2n) is 6.62. The van der Waals surface area contributed by atoms with Gasteiger partial charge in [-0.15, -0.1) is 0 Å². The molecule has 1 heterocycles. The Kier molecular flexibility index (Phi) is 5.54. The summed E-state index contributed by atoms with van der Waals surface area (Å²) in [5.74, 6) is -0.885. The second-order valence-corrected chi connectivity index (χ2v) is 6.62. The van der Waals surface area contributed by atoms with Crippen LogP contribution >= 0.6 is 0 Å². The van der Waals surface area contributed by atoms with Gasteiger partial charge in [-0.05, 0) is 67.8 Å². The van der Waals surface area contributed by atoms with Crippen LogP contribution in [0.15, 0.2) is 42.5 Å². The number of anilines is 2. The van der Waals surface area contributed by atoms with E-state index in [1.807, 2.05) is 26.0 Å². The average molecular weight is 366 g/mol. The quantitative estimate of drug-likeness (QED) is 0.825. The molecule has 0 atom stereocenters. The molecule has 2 aromatic rings. The van der Waals surface area contributed by atoms with Crippen LogP contribution in [0.5, 0.6) is 0 Å². The molecule has 6 heteroatoms. The molecule has 2 aromatic carbocycles. The Morgan fingerprint density at radius 2 is 1.81 bits per heavy atom. The van der Waals surface area contributed by atoms with Crippen LogP contribution in [-0.4, -0.2) is 30.9 Å². The van der Waals surface area contributed by atoms with Crippen LogP contribution in [0, 0.1) is 13.8 Å². The summed E-state index contributed by atoms with van der Waals surface area (Å²) >= 11 is 0. The van der Waals surface area contributed by atoms with Crippen LogP contribution in [0.3, 0.4) is 0 Å². The number of esters is 1. The van der Waals surface area contributed by atoms with Crippen LogP contribution in [0.2, 0.25) is 0 Å². The lowest BCUT2D eigenvalue weighted by atomic mass is 10.1. The van der Waals surface area contributed by atoms with Crippen molar-refractivity contribution >= 4 is 29.2 Å². The number of nitrogens with zero attached hydrogens (tertiary/aromatic N) is 1. The van der Waals surface area contributed by atoms with Gasteiger partial charge < -0.3 is 15.0 Å². The molecule has 140 valence electrons. The maximum Gasteiger partial charge on any atom is 0.338 e. The van der Waals surface area contributed by atoms with Crippen molar-refractivity contribution in [2.75, 3.05) is 23.4 Å². The van der Waals surface area contributed by atoms with Crippen LogP contribution in [0.4, 0.5) is 11.4 Å². The molecule has 0 spiro atoms. The predicted octanol–water partition coefficient (Wildman–Crippen LogP) is 3.23. The highest BCUT2D eigenvalue weighted by molar-refractivity contribution is 5.97. The molecular formula is C21H22N2O4. The first-order chi connectivity index (χ1) is 12.9. The molecule has 0 radical (unpaired) electrons. The number of aryl methyl sites for hydroxylation is 2. The van der Waals surface area contributed by atoms with Gasteiger partial charge in [0.25, 0.3) is 5.91 Å². The fourth-order valence-corrected chi connectivity index (χ4v) is 2.93. The lowest BCUT2D eigenvalue weighted by molar-refractivity contribution is -0.119. The second kappa shape index (κ2) is 8.03. The largest absolute Gasteiger partial charge is 0.452 e. The molecule has 1 N–H and O–H groups in total. The van der Waals surface area contributed by atoms with E-state index in [1.54, 1.807) is 35.2 Å². The van der Waals surface area contributed by atoms with Crippen LogP contribution < -0.4 is 10.2 Å². The van der Waals surface area contributed by atoms with Gasteiger partial charge in [0.2, 0.25) is 5.91 Å². The van der Waals surface area contributed by atoms with E-state index >= 15 is 0 Å². The summed E-state index contributed by atoms with van der Waals surface area (Å²) in [5, 5.41) is 2.71. The van der Waals surface area contributed by atoms with E-state index in [4.69, 9.17) is 4.74 Å². The van der Waals surface area contributed by atoms with Crippen molar-refractivity contribution in [1.29, 1.82) is 0 Å². The highest BCUT2D eigenvalue weighted by Gasteiger charge is 2.21. The summed E-state index contributed by atoms with van der Waals surface area (Å²) < 4.78 is 5.07. The van der Waals surface area contributed by atoms with Crippen molar-refractivity contribution in [3.63, 3.8) is 0 Å². The molecule has 6 nitrogen and oxygen atoms in total. The SMILES string of the molecule is Cc1ccc(NC(=O)COC(=O)c2ccc(N3CCCC3=O)cc2)cc1C. The Bertz CT molecular complexity index is 874. The Hall–Kier alpha value is -3.15. The van der Waals surface area contributed by atoms with Gasteiger partial charge in [0, 0.05) is 24.3 Å². The Labute approximate surface area is 158 Å². The third-order valence-corrected chi connectivity index (χ3v) is 4.61. The van der Waals surface area contributed by atoms with E-state index in [0.29, 0.717) is 24.2 Å². The van der Waals surface area contributed by atoms with Gasteiger partial charge in [-0.1, -0.05) is 6.07 Å². The number of nitrogens with one attached hydrogen (secondary N) is 1. The van der Waals surface area contributed by atoms with Crippen LogP contribution in [-0.2, 0) is 14.3 Å². The Balaban J connectivity index is 1.53. The summed E-state index contributed by atoms with van der Waals surface area (Å²) in [6, 6.07) is 12.2. The van der Waals surface area contributed by atoms with Gasteiger partial charge in [-0.25, -0.2) is 4.79 Å².